The van der Waals surface area contributed by atoms with Crippen molar-refractivity contribution >= 4 is 17.7 Å². The maximum Gasteiger partial charge on any atom is 0.246 e. The van der Waals surface area contributed by atoms with Crippen LogP contribution in [0.25, 0.3) is 0 Å². The lowest BCUT2D eigenvalue weighted by Crippen LogP contribution is -2.56. The van der Waals surface area contributed by atoms with E-state index in [1.807, 2.05) is 44.2 Å². The molecule has 0 saturated carbocycles. The zero-order chi connectivity index (χ0) is 20.0. The van der Waals surface area contributed by atoms with Crippen molar-refractivity contribution in [2.45, 2.75) is 58.3 Å². The molecule has 4 N–H and O–H groups in total. The summed E-state index contributed by atoms with van der Waals surface area (Å²) in [5.74, 6) is -0.859. The van der Waals surface area contributed by atoms with Crippen LogP contribution in [-0.4, -0.2) is 47.3 Å². The smallest absolute Gasteiger partial charge is 0.246 e. The summed E-state index contributed by atoms with van der Waals surface area (Å²) in [6.07, 6.45) is 1.39. The van der Waals surface area contributed by atoms with Gasteiger partial charge in [0.2, 0.25) is 17.7 Å². The molecule has 1 fully saturated rings. The number of hydrogen-bond donors (Lipinski definition) is 3. The maximum atomic E-state index is 13.0. The van der Waals surface area contributed by atoms with Gasteiger partial charge in [-0.05, 0) is 31.2 Å². The minimum absolute atomic E-state index is 0.103. The van der Waals surface area contributed by atoms with Crippen LogP contribution < -0.4 is 16.4 Å². The average molecular weight is 374 g/mol. The molecular formula is C20H30N4O3. The molecule has 0 aromatic heterocycles. The van der Waals surface area contributed by atoms with Crippen molar-refractivity contribution in [2.24, 2.45) is 11.7 Å². The minimum Gasteiger partial charge on any atom is -0.350 e. The Morgan fingerprint density at radius 2 is 1.85 bits per heavy atom. The lowest BCUT2D eigenvalue weighted by molar-refractivity contribution is -0.142. The molecule has 0 aliphatic carbocycles. The zero-order valence-corrected chi connectivity index (χ0v) is 16.3. The first-order valence-corrected chi connectivity index (χ1v) is 9.49. The minimum atomic E-state index is -0.692. The van der Waals surface area contributed by atoms with E-state index >= 15 is 0 Å². The first-order valence-electron chi connectivity index (χ1n) is 9.49. The normalized spacial score (nSPS) is 18.9. The molecule has 7 heteroatoms. The highest BCUT2D eigenvalue weighted by Crippen LogP contribution is 2.20. The Morgan fingerprint density at radius 1 is 1.19 bits per heavy atom. The lowest BCUT2D eigenvalue weighted by atomic mass is 10.0. The van der Waals surface area contributed by atoms with E-state index in [2.05, 4.69) is 10.6 Å². The van der Waals surface area contributed by atoms with Crippen molar-refractivity contribution in [2.75, 3.05) is 6.54 Å². The van der Waals surface area contributed by atoms with Crippen molar-refractivity contribution in [1.82, 2.24) is 15.5 Å². The second-order valence-electron chi connectivity index (χ2n) is 7.41. The van der Waals surface area contributed by atoms with Gasteiger partial charge in [-0.3, -0.25) is 14.4 Å². The van der Waals surface area contributed by atoms with Crippen molar-refractivity contribution in [3.8, 4) is 0 Å². The third kappa shape index (κ3) is 5.53. The molecule has 0 bridgehead atoms. The molecular weight excluding hydrogens is 344 g/mol. The monoisotopic (exact) mass is 374 g/mol. The Morgan fingerprint density at radius 3 is 2.44 bits per heavy atom. The second-order valence-corrected chi connectivity index (χ2v) is 7.41. The molecule has 1 aliphatic rings. The second kappa shape index (κ2) is 9.50. The van der Waals surface area contributed by atoms with Gasteiger partial charge in [-0.1, -0.05) is 44.2 Å². The number of rotatable bonds is 7. The Hall–Kier alpha value is -2.41. The van der Waals surface area contributed by atoms with Gasteiger partial charge >= 0.3 is 0 Å². The summed E-state index contributed by atoms with van der Waals surface area (Å²) in [6.45, 7) is 6.24. The Balaban J connectivity index is 2.02. The van der Waals surface area contributed by atoms with E-state index in [0.29, 0.717) is 19.5 Å². The summed E-state index contributed by atoms with van der Waals surface area (Å²) in [4.78, 5) is 39.2. The van der Waals surface area contributed by atoms with Crippen molar-refractivity contribution in [3.63, 3.8) is 0 Å². The van der Waals surface area contributed by atoms with Crippen LogP contribution >= 0.6 is 0 Å². The molecule has 1 heterocycles. The molecule has 0 unspecified atom stereocenters. The standard InChI is InChI=1S/C20H30N4O3/c1-13(2)17(23-18(25)14(3)21)20(27)24-11-7-10-16(24)19(26)22-12-15-8-5-4-6-9-15/h4-6,8-9,13-14,16-17H,7,10-12,21H2,1-3H3,(H,22,26)(H,23,25)/t14-,16-,17-/m0/s1. The van der Waals surface area contributed by atoms with E-state index in [4.69, 9.17) is 5.73 Å². The Labute approximate surface area is 160 Å². The van der Waals surface area contributed by atoms with Gasteiger partial charge < -0.3 is 21.3 Å². The number of nitrogens with zero attached hydrogens (tertiary/aromatic N) is 1. The highest BCUT2D eigenvalue weighted by Gasteiger charge is 2.38. The number of nitrogens with one attached hydrogen (secondary N) is 2. The molecule has 148 valence electrons. The number of carbonyl (C=O) groups is 3. The van der Waals surface area contributed by atoms with Crippen LogP contribution in [0.5, 0.6) is 0 Å². The van der Waals surface area contributed by atoms with Gasteiger partial charge in [-0.2, -0.15) is 0 Å². The largest absolute Gasteiger partial charge is 0.350 e. The van der Waals surface area contributed by atoms with Gasteiger partial charge in [0.15, 0.2) is 0 Å². The van der Waals surface area contributed by atoms with Crippen LogP contribution in [-0.2, 0) is 20.9 Å². The summed E-state index contributed by atoms with van der Waals surface area (Å²) >= 11 is 0. The van der Waals surface area contributed by atoms with Crippen molar-refractivity contribution in [1.29, 1.82) is 0 Å². The lowest BCUT2D eigenvalue weighted by Gasteiger charge is -2.30. The number of likely N-dealkylation sites (tertiary alicyclic amines) is 1. The number of nitrogens with two attached hydrogens (primary N) is 1. The van der Waals surface area contributed by atoms with Crippen LogP contribution in [0.4, 0.5) is 0 Å². The summed E-state index contributed by atoms with van der Waals surface area (Å²) in [6, 6.07) is 7.75. The van der Waals surface area contributed by atoms with E-state index in [1.165, 1.54) is 0 Å². The molecule has 1 aromatic rings. The van der Waals surface area contributed by atoms with E-state index in [9.17, 15) is 14.4 Å². The topological polar surface area (TPSA) is 105 Å². The summed E-state index contributed by atoms with van der Waals surface area (Å²) in [5, 5.41) is 5.64. The van der Waals surface area contributed by atoms with Crippen molar-refractivity contribution in [3.05, 3.63) is 35.9 Å². The first-order chi connectivity index (χ1) is 12.8. The van der Waals surface area contributed by atoms with Crippen LogP contribution in [0.2, 0.25) is 0 Å². The molecule has 0 spiro atoms. The SMILES string of the molecule is CC(C)[C@H](NC(=O)[C@H](C)N)C(=O)N1CCC[C@H]1C(=O)NCc1ccccc1. The van der Waals surface area contributed by atoms with E-state index in [0.717, 1.165) is 12.0 Å². The molecule has 2 rings (SSSR count). The van der Waals surface area contributed by atoms with Gasteiger partial charge in [-0.15, -0.1) is 0 Å². The van der Waals surface area contributed by atoms with Gasteiger partial charge in [-0.25, -0.2) is 0 Å². The predicted octanol–water partition coefficient (Wildman–Crippen LogP) is 0.782. The third-order valence-electron chi connectivity index (χ3n) is 4.79. The molecule has 0 radical (unpaired) electrons. The fourth-order valence-electron chi connectivity index (χ4n) is 3.18. The van der Waals surface area contributed by atoms with Gasteiger partial charge in [0.1, 0.15) is 12.1 Å². The summed E-state index contributed by atoms with van der Waals surface area (Å²) in [5.41, 5.74) is 6.61. The Kier molecular flexibility index (Phi) is 7.36. The predicted molar refractivity (Wildman–Crippen MR) is 103 cm³/mol. The summed E-state index contributed by atoms with van der Waals surface area (Å²) in [7, 11) is 0. The quantitative estimate of drug-likeness (QED) is 0.656. The van der Waals surface area contributed by atoms with Gasteiger partial charge in [0, 0.05) is 13.1 Å². The average Bonchev–Trinajstić information content (AvgIpc) is 3.13. The molecule has 27 heavy (non-hydrogen) atoms. The van der Waals surface area contributed by atoms with Crippen LogP contribution in [0.15, 0.2) is 30.3 Å². The van der Waals surface area contributed by atoms with E-state index in [1.54, 1.807) is 11.8 Å². The Bertz CT molecular complexity index is 660. The van der Waals surface area contributed by atoms with Gasteiger partial charge in [0.05, 0.1) is 6.04 Å². The molecule has 1 saturated heterocycles. The highest BCUT2D eigenvalue weighted by atomic mass is 16.2. The van der Waals surface area contributed by atoms with E-state index < -0.39 is 18.1 Å². The van der Waals surface area contributed by atoms with Crippen LogP contribution in [0, 0.1) is 5.92 Å². The van der Waals surface area contributed by atoms with Crippen molar-refractivity contribution < 1.29 is 14.4 Å². The maximum absolute atomic E-state index is 13.0. The van der Waals surface area contributed by atoms with Crippen LogP contribution in [0.3, 0.4) is 0 Å². The number of hydrogen-bond acceptors (Lipinski definition) is 4. The fourth-order valence-corrected chi connectivity index (χ4v) is 3.18. The molecule has 7 nitrogen and oxygen atoms in total. The number of amides is 3. The number of benzene rings is 1. The molecule has 3 amide bonds. The number of carbonyl (C=O) groups excluding carboxylic acids is 3. The molecule has 3 atom stereocenters. The zero-order valence-electron chi connectivity index (χ0n) is 16.3. The third-order valence-corrected chi connectivity index (χ3v) is 4.79. The summed E-state index contributed by atoms with van der Waals surface area (Å²) < 4.78 is 0. The van der Waals surface area contributed by atoms with E-state index in [-0.39, 0.29) is 23.6 Å². The first kappa shape index (κ1) is 20.9. The molecule has 1 aromatic carbocycles. The van der Waals surface area contributed by atoms with Gasteiger partial charge in [0.25, 0.3) is 0 Å². The van der Waals surface area contributed by atoms with Crippen LogP contribution in [0.1, 0.15) is 39.2 Å². The highest BCUT2D eigenvalue weighted by molar-refractivity contribution is 5.93. The molecule has 1 aliphatic heterocycles. The fraction of sp³-hybridized carbons (Fsp3) is 0.550.